The van der Waals surface area contributed by atoms with Crippen molar-refractivity contribution in [3.63, 3.8) is 0 Å². The number of ether oxygens (including phenoxy) is 1. The Balaban J connectivity index is 1.85. The predicted octanol–water partition coefficient (Wildman–Crippen LogP) is 4.18. The van der Waals surface area contributed by atoms with Gasteiger partial charge in [0.05, 0.1) is 7.11 Å². The SMILES string of the molecule is COc1ccc(CCC(Cl)Cc2ncccc2C)cc1. The number of aryl methyl sites for hydroxylation is 2. The highest BCUT2D eigenvalue weighted by Gasteiger charge is 2.09. The van der Waals surface area contributed by atoms with Gasteiger partial charge in [-0.15, -0.1) is 11.6 Å². The van der Waals surface area contributed by atoms with Crippen LogP contribution in [0.4, 0.5) is 0 Å². The first-order chi connectivity index (χ1) is 9.69. The van der Waals surface area contributed by atoms with Crippen LogP contribution in [0.5, 0.6) is 5.75 Å². The normalized spacial score (nSPS) is 12.2. The van der Waals surface area contributed by atoms with Crippen LogP contribution in [0.25, 0.3) is 0 Å². The maximum Gasteiger partial charge on any atom is 0.118 e. The minimum Gasteiger partial charge on any atom is -0.497 e. The lowest BCUT2D eigenvalue weighted by Gasteiger charge is -2.11. The molecule has 1 aromatic heterocycles. The zero-order valence-electron chi connectivity index (χ0n) is 12.0. The molecule has 0 radical (unpaired) electrons. The van der Waals surface area contributed by atoms with Crippen molar-refractivity contribution in [1.82, 2.24) is 4.98 Å². The summed E-state index contributed by atoms with van der Waals surface area (Å²) in [6.07, 6.45) is 4.58. The fraction of sp³-hybridized carbons (Fsp3) is 0.353. The summed E-state index contributed by atoms with van der Waals surface area (Å²) >= 11 is 6.43. The third-order valence-corrected chi connectivity index (χ3v) is 3.81. The molecule has 1 aromatic carbocycles. The molecule has 0 aliphatic rings. The molecule has 106 valence electrons. The Labute approximate surface area is 125 Å². The highest BCUT2D eigenvalue weighted by molar-refractivity contribution is 6.20. The van der Waals surface area contributed by atoms with Crippen LogP contribution in [0.3, 0.4) is 0 Å². The van der Waals surface area contributed by atoms with Gasteiger partial charge in [-0.25, -0.2) is 0 Å². The van der Waals surface area contributed by atoms with Crippen molar-refractivity contribution < 1.29 is 4.74 Å². The molecule has 0 saturated carbocycles. The second-order valence-corrected chi connectivity index (χ2v) is 5.57. The number of hydrogen-bond acceptors (Lipinski definition) is 2. The fourth-order valence-electron chi connectivity index (χ4n) is 2.16. The van der Waals surface area contributed by atoms with E-state index in [0.29, 0.717) is 0 Å². The van der Waals surface area contributed by atoms with Crippen LogP contribution in [0, 0.1) is 6.92 Å². The van der Waals surface area contributed by atoms with E-state index in [0.717, 1.165) is 30.7 Å². The second kappa shape index (κ2) is 7.30. The first kappa shape index (κ1) is 14.9. The highest BCUT2D eigenvalue weighted by atomic mass is 35.5. The molecular weight excluding hydrogens is 270 g/mol. The third-order valence-electron chi connectivity index (χ3n) is 3.44. The summed E-state index contributed by atoms with van der Waals surface area (Å²) in [5, 5.41) is 0.116. The molecule has 1 heterocycles. The van der Waals surface area contributed by atoms with E-state index in [1.807, 2.05) is 24.4 Å². The molecule has 3 heteroatoms. The summed E-state index contributed by atoms with van der Waals surface area (Å²) < 4.78 is 5.15. The molecule has 0 saturated heterocycles. The Hall–Kier alpha value is -1.54. The van der Waals surface area contributed by atoms with Gasteiger partial charge in [0.1, 0.15) is 5.75 Å². The summed E-state index contributed by atoms with van der Waals surface area (Å²) in [5.41, 5.74) is 3.60. The van der Waals surface area contributed by atoms with Gasteiger partial charge in [-0.1, -0.05) is 18.2 Å². The molecule has 20 heavy (non-hydrogen) atoms. The van der Waals surface area contributed by atoms with Crippen molar-refractivity contribution in [3.05, 3.63) is 59.4 Å². The quantitative estimate of drug-likeness (QED) is 0.744. The van der Waals surface area contributed by atoms with Gasteiger partial charge in [0.2, 0.25) is 0 Å². The number of nitrogens with zero attached hydrogens (tertiary/aromatic N) is 1. The topological polar surface area (TPSA) is 22.1 Å². The largest absolute Gasteiger partial charge is 0.497 e. The molecule has 0 N–H and O–H groups in total. The zero-order valence-corrected chi connectivity index (χ0v) is 12.7. The maximum atomic E-state index is 6.43. The first-order valence-electron chi connectivity index (χ1n) is 6.86. The molecule has 0 aliphatic carbocycles. The van der Waals surface area contributed by atoms with Crippen LogP contribution in [-0.2, 0) is 12.8 Å². The van der Waals surface area contributed by atoms with Gasteiger partial charge >= 0.3 is 0 Å². The molecule has 0 aliphatic heterocycles. The summed E-state index contributed by atoms with van der Waals surface area (Å²) in [4.78, 5) is 4.39. The molecule has 2 rings (SSSR count). The molecule has 0 spiro atoms. The summed E-state index contributed by atoms with van der Waals surface area (Å²) in [5.74, 6) is 0.889. The molecule has 0 fully saturated rings. The van der Waals surface area contributed by atoms with Crippen LogP contribution in [-0.4, -0.2) is 17.5 Å². The van der Waals surface area contributed by atoms with Crippen molar-refractivity contribution in [2.75, 3.05) is 7.11 Å². The smallest absolute Gasteiger partial charge is 0.118 e. The Morgan fingerprint density at radius 2 is 1.95 bits per heavy atom. The number of pyridine rings is 1. The number of rotatable bonds is 6. The fourth-order valence-corrected chi connectivity index (χ4v) is 2.41. The second-order valence-electron chi connectivity index (χ2n) is 4.96. The lowest BCUT2D eigenvalue weighted by molar-refractivity contribution is 0.414. The van der Waals surface area contributed by atoms with Gasteiger partial charge in [0.15, 0.2) is 0 Å². The molecule has 1 unspecified atom stereocenters. The molecule has 0 amide bonds. The van der Waals surface area contributed by atoms with Gasteiger partial charge in [-0.3, -0.25) is 4.98 Å². The minimum atomic E-state index is 0.116. The van der Waals surface area contributed by atoms with E-state index in [9.17, 15) is 0 Å². The Kier molecular flexibility index (Phi) is 5.42. The van der Waals surface area contributed by atoms with Crippen molar-refractivity contribution in [1.29, 1.82) is 0 Å². The van der Waals surface area contributed by atoms with Gasteiger partial charge in [0, 0.05) is 23.7 Å². The average molecular weight is 290 g/mol. The Morgan fingerprint density at radius 3 is 2.60 bits per heavy atom. The predicted molar refractivity (Wildman–Crippen MR) is 83.6 cm³/mol. The van der Waals surface area contributed by atoms with Gasteiger partial charge in [-0.05, 0) is 49.1 Å². The zero-order chi connectivity index (χ0) is 14.4. The standard InChI is InChI=1S/C17H20ClNO/c1-13-4-3-11-19-17(13)12-15(18)8-5-14-6-9-16(20-2)10-7-14/h3-4,6-7,9-11,15H,5,8,12H2,1-2H3. The van der Waals surface area contributed by atoms with Crippen LogP contribution >= 0.6 is 11.6 Å². The lowest BCUT2D eigenvalue weighted by Crippen LogP contribution is -2.07. The summed E-state index contributed by atoms with van der Waals surface area (Å²) in [6, 6.07) is 12.2. The maximum absolute atomic E-state index is 6.43. The van der Waals surface area contributed by atoms with E-state index < -0.39 is 0 Å². The van der Waals surface area contributed by atoms with Crippen molar-refractivity contribution in [2.24, 2.45) is 0 Å². The van der Waals surface area contributed by atoms with Gasteiger partial charge < -0.3 is 4.74 Å². The van der Waals surface area contributed by atoms with E-state index in [-0.39, 0.29) is 5.38 Å². The van der Waals surface area contributed by atoms with Crippen LogP contribution < -0.4 is 4.74 Å². The molecule has 2 aromatic rings. The van der Waals surface area contributed by atoms with Crippen LogP contribution in [0.15, 0.2) is 42.6 Å². The van der Waals surface area contributed by atoms with Gasteiger partial charge in [0.25, 0.3) is 0 Å². The van der Waals surface area contributed by atoms with E-state index in [2.05, 4.69) is 30.1 Å². The number of aromatic nitrogens is 1. The number of benzene rings is 1. The molecular formula is C17H20ClNO. The Morgan fingerprint density at radius 1 is 1.20 bits per heavy atom. The minimum absolute atomic E-state index is 0.116. The van der Waals surface area contributed by atoms with E-state index in [1.165, 1.54) is 11.1 Å². The van der Waals surface area contributed by atoms with E-state index in [1.54, 1.807) is 7.11 Å². The molecule has 2 nitrogen and oxygen atoms in total. The first-order valence-corrected chi connectivity index (χ1v) is 7.30. The van der Waals surface area contributed by atoms with Crippen molar-refractivity contribution in [3.8, 4) is 5.75 Å². The summed E-state index contributed by atoms with van der Waals surface area (Å²) in [6.45, 7) is 2.08. The van der Waals surface area contributed by atoms with Gasteiger partial charge in [-0.2, -0.15) is 0 Å². The van der Waals surface area contributed by atoms with Crippen molar-refractivity contribution in [2.45, 2.75) is 31.6 Å². The van der Waals surface area contributed by atoms with Crippen LogP contribution in [0.2, 0.25) is 0 Å². The van der Waals surface area contributed by atoms with E-state index >= 15 is 0 Å². The Bertz CT molecular complexity index is 539. The third kappa shape index (κ3) is 4.24. The summed E-state index contributed by atoms with van der Waals surface area (Å²) in [7, 11) is 1.68. The average Bonchev–Trinajstić information content (AvgIpc) is 2.48. The monoisotopic (exact) mass is 289 g/mol. The van der Waals surface area contributed by atoms with Crippen molar-refractivity contribution >= 4 is 11.6 Å². The lowest BCUT2D eigenvalue weighted by atomic mass is 10.0. The highest BCUT2D eigenvalue weighted by Crippen LogP contribution is 2.17. The number of methoxy groups -OCH3 is 1. The van der Waals surface area contributed by atoms with Crippen LogP contribution in [0.1, 0.15) is 23.2 Å². The van der Waals surface area contributed by atoms with E-state index in [4.69, 9.17) is 16.3 Å². The number of alkyl halides is 1. The number of halogens is 1. The molecule has 0 bridgehead atoms. The number of hydrogen-bond donors (Lipinski definition) is 0. The molecule has 1 atom stereocenters.